The first kappa shape index (κ1) is 13.3. The molecule has 0 saturated heterocycles. The molecule has 1 N–H and O–H groups in total. The molecule has 1 aromatic rings. The van der Waals surface area contributed by atoms with Crippen LogP contribution in [0.15, 0.2) is 46.7 Å². The monoisotopic (exact) mass is 259 g/mol. The Balaban J connectivity index is 2.33. The van der Waals surface area contributed by atoms with Crippen LogP contribution in [0.3, 0.4) is 0 Å². The molecule has 1 atom stereocenters. The van der Waals surface area contributed by atoms with Gasteiger partial charge in [-0.15, -0.1) is 0 Å². The number of aliphatic hydroxyl groups excluding tert-OH is 1. The van der Waals surface area contributed by atoms with Crippen molar-refractivity contribution >= 4 is 11.7 Å². The Morgan fingerprint density at radius 3 is 2.68 bits per heavy atom. The van der Waals surface area contributed by atoms with Crippen LogP contribution >= 0.6 is 0 Å². The summed E-state index contributed by atoms with van der Waals surface area (Å²) in [5.41, 5.74) is 1.48. The highest BCUT2D eigenvalue weighted by atomic mass is 16.6. The van der Waals surface area contributed by atoms with E-state index in [1.54, 1.807) is 6.92 Å². The third kappa shape index (κ3) is 2.67. The van der Waals surface area contributed by atoms with E-state index in [0.29, 0.717) is 12.3 Å². The van der Waals surface area contributed by atoms with Crippen LogP contribution in [0, 0.1) is 0 Å². The number of esters is 1. The number of benzene rings is 1. The van der Waals surface area contributed by atoms with Crippen molar-refractivity contribution in [3.8, 4) is 0 Å². The van der Waals surface area contributed by atoms with Crippen molar-refractivity contribution in [1.82, 2.24) is 0 Å². The number of hydrogen-bond donors (Lipinski definition) is 1. The fourth-order valence-electron chi connectivity index (χ4n) is 2.00. The van der Waals surface area contributed by atoms with E-state index in [1.807, 2.05) is 37.3 Å². The summed E-state index contributed by atoms with van der Waals surface area (Å²) in [6, 6.07) is 9.18. The van der Waals surface area contributed by atoms with Crippen LogP contribution in [0.25, 0.3) is 0 Å². The lowest BCUT2D eigenvalue weighted by atomic mass is 10.0. The van der Waals surface area contributed by atoms with Crippen LogP contribution in [0.5, 0.6) is 0 Å². The first-order valence-corrected chi connectivity index (χ1v) is 6.35. The summed E-state index contributed by atoms with van der Waals surface area (Å²) in [5.74, 6) is -0.558. The lowest BCUT2D eigenvalue weighted by Gasteiger charge is -2.09. The van der Waals surface area contributed by atoms with E-state index < -0.39 is 12.1 Å². The Kier molecular flexibility index (Phi) is 4.00. The number of hydrogen-bond acceptors (Lipinski definition) is 4. The van der Waals surface area contributed by atoms with E-state index >= 15 is 0 Å². The van der Waals surface area contributed by atoms with Crippen molar-refractivity contribution in [2.24, 2.45) is 4.99 Å². The van der Waals surface area contributed by atoms with E-state index in [-0.39, 0.29) is 11.3 Å². The highest BCUT2D eigenvalue weighted by Gasteiger charge is 2.36. The normalized spacial score (nSPS) is 19.8. The summed E-state index contributed by atoms with van der Waals surface area (Å²) in [4.78, 5) is 16.1. The lowest BCUT2D eigenvalue weighted by Crippen LogP contribution is -2.08. The van der Waals surface area contributed by atoms with Crippen molar-refractivity contribution in [1.29, 1.82) is 0 Å². The topological polar surface area (TPSA) is 58.9 Å². The molecule has 1 heterocycles. The Labute approximate surface area is 112 Å². The van der Waals surface area contributed by atoms with Crippen LogP contribution in [-0.4, -0.2) is 23.3 Å². The van der Waals surface area contributed by atoms with Crippen LogP contribution in [0.1, 0.15) is 31.9 Å². The molecule has 1 aliphatic heterocycles. The molecule has 1 aromatic carbocycles. The van der Waals surface area contributed by atoms with Gasteiger partial charge in [0.2, 0.25) is 0 Å². The first-order chi connectivity index (χ1) is 9.15. The van der Waals surface area contributed by atoms with E-state index in [4.69, 9.17) is 4.74 Å². The first-order valence-electron chi connectivity index (χ1n) is 6.35. The largest absolute Gasteiger partial charge is 0.507 e. The zero-order valence-electron chi connectivity index (χ0n) is 11.1. The highest BCUT2D eigenvalue weighted by Crippen LogP contribution is 2.33. The third-order valence-corrected chi connectivity index (χ3v) is 2.97. The number of carbonyl (C=O) groups is 1. The van der Waals surface area contributed by atoms with Crippen LogP contribution in [0.4, 0.5) is 0 Å². The molecule has 0 fully saturated rings. The average molecular weight is 259 g/mol. The molecule has 0 amide bonds. The standard InChI is InChI=1S/C15H17NO3/c1-3-9-16-10(2)12-13(17)14(19-15(12)18)11-7-5-4-6-8-11/h4-8,14,17H,3,9H2,1-2H3. The zero-order valence-corrected chi connectivity index (χ0v) is 11.1. The molecule has 1 unspecified atom stereocenters. The third-order valence-electron chi connectivity index (χ3n) is 2.97. The predicted octanol–water partition coefficient (Wildman–Crippen LogP) is 2.97. The van der Waals surface area contributed by atoms with E-state index in [9.17, 15) is 9.90 Å². The second-order valence-corrected chi connectivity index (χ2v) is 4.42. The van der Waals surface area contributed by atoms with Gasteiger partial charge in [-0.05, 0) is 13.3 Å². The molecule has 2 rings (SSSR count). The van der Waals surface area contributed by atoms with Gasteiger partial charge in [-0.3, -0.25) is 4.99 Å². The minimum atomic E-state index is -0.713. The Morgan fingerprint density at radius 1 is 1.37 bits per heavy atom. The quantitative estimate of drug-likeness (QED) is 0.668. The van der Waals surface area contributed by atoms with Crippen molar-refractivity contribution < 1.29 is 14.6 Å². The summed E-state index contributed by atoms with van der Waals surface area (Å²) in [6.07, 6.45) is 0.179. The number of cyclic esters (lactones) is 1. The van der Waals surface area contributed by atoms with Gasteiger partial charge in [-0.2, -0.15) is 0 Å². The molecule has 0 radical (unpaired) electrons. The molecule has 19 heavy (non-hydrogen) atoms. The molecule has 100 valence electrons. The van der Waals surface area contributed by atoms with Crippen molar-refractivity contribution in [3.63, 3.8) is 0 Å². The second kappa shape index (κ2) is 5.69. The van der Waals surface area contributed by atoms with Crippen molar-refractivity contribution in [2.45, 2.75) is 26.4 Å². The number of rotatable bonds is 4. The molecule has 4 nitrogen and oxygen atoms in total. The maximum absolute atomic E-state index is 11.9. The van der Waals surface area contributed by atoms with Gasteiger partial charge >= 0.3 is 5.97 Å². The highest BCUT2D eigenvalue weighted by molar-refractivity contribution is 6.20. The van der Waals surface area contributed by atoms with Crippen LogP contribution in [0.2, 0.25) is 0 Å². The average Bonchev–Trinajstić information content (AvgIpc) is 2.72. The van der Waals surface area contributed by atoms with E-state index in [1.165, 1.54) is 0 Å². The summed E-state index contributed by atoms with van der Waals surface area (Å²) in [6.45, 7) is 4.35. The van der Waals surface area contributed by atoms with Gasteiger partial charge < -0.3 is 9.84 Å². The minimum Gasteiger partial charge on any atom is -0.507 e. The molecule has 4 heteroatoms. The molecule has 0 spiro atoms. The number of aliphatic hydroxyl groups is 1. The SMILES string of the molecule is CCCN=C(C)C1=C(O)C(c2ccccc2)OC1=O. The maximum atomic E-state index is 11.9. The molecule has 0 aliphatic carbocycles. The van der Waals surface area contributed by atoms with Gasteiger partial charge in [0, 0.05) is 17.8 Å². The Morgan fingerprint density at radius 2 is 2.05 bits per heavy atom. The molecule has 1 aliphatic rings. The second-order valence-electron chi connectivity index (χ2n) is 4.42. The van der Waals surface area contributed by atoms with Gasteiger partial charge in [0.05, 0.1) is 0 Å². The van der Waals surface area contributed by atoms with E-state index in [0.717, 1.165) is 12.0 Å². The number of ether oxygens (including phenoxy) is 1. The maximum Gasteiger partial charge on any atom is 0.344 e. The number of carbonyl (C=O) groups excluding carboxylic acids is 1. The van der Waals surface area contributed by atoms with Crippen molar-refractivity contribution in [2.75, 3.05) is 6.54 Å². The summed E-state index contributed by atoms with van der Waals surface area (Å²) < 4.78 is 5.23. The van der Waals surface area contributed by atoms with Crippen LogP contribution in [-0.2, 0) is 9.53 Å². The minimum absolute atomic E-state index is 0.0476. The lowest BCUT2D eigenvalue weighted by molar-refractivity contribution is -0.140. The number of aliphatic imine (C=N–C) groups is 1. The van der Waals surface area contributed by atoms with Crippen LogP contribution < -0.4 is 0 Å². The molecular formula is C15H17NO3. The summed E-state index contributed by atoms with van der Waals surface area (Å²) in [5, 5.41) is 10.2. The molecule has 0 bridgehead atoms. The molecule has 0 aromatic heterocycles. The smallest absolute Gasteiger partial charge is 0.344 e. The fraction of sp³-hybridized carbons (Fsp3) is 0.333. The number of nitrogens with zero attached hydrogens (tertiary/aromatic N) is 1. The summed E-state index contributed by atoms with van der Waals surface area (Å²) >= 11 is 0. The molecular weight excluding hydrogens is 242 g/mol. The van der Waals surface area contributed by atoms with Gasteiger partial charge in [0.25, 0.3) is 0 Å². The van der Waals surface area contributed by atoms with Gasteiger partial charge in [-0.25, -0.2) is 4.79 Å². The van der Waals surface area contributed by atoms with Gasteiger partial charge in [0.15, 0.2) is 11.9 Å². The fourth-order valence-corrected chi connectivity index (χ4v) is 2.00. The Hall–Kier alpha value is -2.10. The van der Waals surface area contributed by atoms with E-state index in [2.05, 4.69) is 4.99 Å². The van der Waals surface area contributed by atoms with Gasteiger partial charge in [-0.1, -0.05) is 37.3 Å². The summed E-state index contributed by atoms with van der Waals surface area (Å²) in [7, 11) is 0. The molecule has 0 saturated carbocycles. The predicted molar refractivity (Wildman–Crippen MR) is 73.2 cm³/mol. The van der Waals surface area contributed by atoms with Crippen molar-refractivity contribution in [3.05, 3.63) is 47.2 Å². The van der Waals surface area contributed by atoms with Gasteiger partial charge in [0.1, 0.15) is 5.57 Å². The zero-order chi connectivity index (χ0) is 13.8. The Bertz CT molecular complexity index is 532.